The Kier molecular flexibility index (Phi) is 5.83. The normalized spacial score (nSPS) is 21.5. The molecule has 0 radical (unpaired) electrons. The molecule has 1 fully saturated rings. The van der Waals surface area contributed by atoms with Crippen molar-refractivity contribution in [1.29, 1.82) is 0 Å². The molecule has 0 aromatic carbocycles. The molecule has 2 unspecified atom stereocenters. The van der Waals surface area contributed by atoms with Crippen molar-refractivity contribution in [3.63, 3.8) is 0 Å². The third-order valence-corrected chi connectivity index (χ3v) is 4.10. The fourth-order valence-corrected chi connectivity index (χ4v) is 2.83. The van der Waals surface area contributed by atoms with Gasteiger partial charge in [0.15, 0.2) is 5.82 Å². The Hall–Kier alpha value is -0.900. The molecule has 1 N–H and O–H groups in total. The Bertz CT molecular complexity index is 358. The van der Waals surface area contributed by atoms with Crippen LogP contribution in [0.15, 0.2) is 4.52 Å². The zero-order valence-corrected chi connectivity index (χ0v) is 12.3. The second-order valence-electron chi connectivity index (χ2n) is 5.71. The zero-order chi connectivity index (χ0) is 13.5. The van der Waals surface area contributed by atoms with Crippen LogP contribution in [0.5, 0.6) is 0 Å². The van der Waals surface area contributed by atoms with E-state index < -0.39 is 0 Å². The minimum atomic E-state index is 0.450. The molecule has 1 aliphatic heterocycles. The number of rotatable bonds is 7. The van der Waals surface area contributed by atoms with E-state index in [4.69, 9.17) is 4.52 Å². The molecule has 19 heavy (non-hydrogen) atoms. The topological polar surface area (TPSA) is 51.0 Å². The molecular weight excluding hydrogens is 238 g/mol. The van der Waals surface area contributed by atoms with Crippen molar-refractivity contribution in [1.82, 2.24) is 15.5 Å². The molecule has 0 amide bonds. The van der Waals surface area contributed by atoms with Gasteiger partial charge in [0.1, 0.15) is 0 Å². The summed E-state index contributed by atoms with van der Waals surface area (Å²) in [5, 5.41) is 7.61. The van der Waals surface area contributed by atoms with Gasteiger partial charge in [-0.15, -0.1) is 0 Å². The minimum absolute atomic E-state index is 0.450. The van der Waals surface area contributed by atoms with Gasteiger partial charge in [-0.2, -0.15) is 4.98 Å². The molecule has 1 aromatic rings. The van der Waals surface area contributed by atoms with Gasteiger partial charge < -0.3 is 9.84 Å². The van der Waals surface area contributed by atoms with Crippen molar-refractivity contribution in [2.24, 2.45) is 5.92 Å². The first-order valence-electron chi connectivity index (χ1n) is 7.86. The van der Waals surface area contributed by atoms with Gasteiger partial charge in [0.25, 0.3) is 0 Å². The summed E-state index contributed by atoms with van der Waals surface area (Å²) >= 11 is 0. The highest BCUT2D eigenvalue weighted by Gasteiger charge is 2.20. The Balaban J connectivity index is 1.89. The lowest BCUT2D eigenvalue weighted by Gasteiger charge is -2.21. The summed E-state index contributed by atoms with van der Waals surface area (Å²) in [4.78, 5) is 4.62. The lowest BCUT2D eigenvalue weighted by Crippen LogP contribution is -2.31. The van der Waals surface area contributed by atoms with Crippen molar-refractivity contribution in [3.05, 3.63) is 11.7 Å². The number of piperidine rings is 1. The molecule has 2 heterocycles. The van der Waals surface area contributed by atoms with Crippen LogP contribution in [-0.2, 0) is 6.42 Å². The molecule has 0 aliphatic carbocycles. The van der Waals surface area contributed by atoms with Crippen LogP contribution >= 0.6 is 0 Å². The van der Waals surface area contributed by atoms with Gasteiger partial charge in [0, 0.05) is 12.3 Å². The van der Waals surface area contributed by atoms with Gasteiger partial charge in [-0.25, -0.2) is 0 Å². The maximum Gasteiger partial charge on any atom is 0.229 e. The number of nitrogens with zero attached hydrogens (tertiary/aromatic N) is 2. The van der Waals surface area contributed by atoms with Crippen LogP contribution in [0.3, 0.4) is 0 Å². The number of hydrogen-bond acceptors (Lipinski definition) is 4. The number of aromatic nitrogens is 2. The summed E-state index contributed by atoms with van der Waals surface area (Å²) < 4.78 is 5.47. The van der Waals surface area contributed by atoms with Crippen molar-refractivity contribution in [2.45, 2.75) is 64.7 Å². The molecular formula is C15H27N3O. The number of nitrogens with one attached hydrogen (secondary N) is 1. The van der Waals surface area contributed by atoms with E-state index in [1.165, 1.54) is 32.1 Å². The summed E-state index contributed by atoms with van der Waals surface area (Å²) in [6, 6.07) is 0. The smallest absolute Gasteiger partial charge is 0.229 e. The van der Waals surface area contributed by atoms with Gasteiger partial charge in [0.2, 0.25) is 5.89 Å². The highest BCUT2D eigenvalue weighted by atomic mass is 16.5. The molecule has 2 atom stereocenters. The molecule has 4 nitrogen and oxygen atoms in total. The average Bonchev–Trinajstić information content (AvgIpc) is 2.89. The quantitative estimate of drug-likeness (QED) is 0.822. The molecule has 108 valence electrons. The van der Waals surface area contributed by atoms with E-state index in [9.17, 15) is 0 Å². The maximum absolute atomic E-state index is 5.47. The highest BCUT2D eigenvalue weighted by molar-refractivity contribution is 4.95. The van der Waals surface area contributed by atoms with Crippen molar-refractivity contribution >= 4 is 0 Å². The zero-order valence-electron chi connectivity index (χ0n) is 12.3. The second-order valence-corrected chi connectivity index (χ2v) is 5.71. The van der Waals surface area contributed by atoms with Gasteiger partial charge >= 0.3 is 0 Å². The third-order valence-electron chi connectivity index (χ3n) is 4.10. The first kappa shape index (κ1) is 14.5. The van der Waals surface area contributed by atoms with Crippen LogP contribution in [0.4, 0.5) is 0 Å². The van der Waals surface area contributed by atoms with Crippen molar-refractivity contribution in [3.8, 4) is 0 Å². The summed E-state index contributed by atoms with van der Waals surface area (Å²) in [7, 11) is 0. The molecule has 1 aliphatic rings. The van der Waals surface area contributed by atoms with E-state index in [0.717, 1.165) is 37.6 Å². The monoisotopic (exact) mass is 265 g/mol. The number of unbranched alkanes of at least 4 members (excludes halogenated alkanes) is 1. The fraction of sp³-hybridized carbons (Fsp3) is 0.867. The summed E-state index contributed by atoms with van der Waals surface area (Å²) in [5.41, 5.74) is 0. The molecule has 0 spiro atoms. The van der Waals surface area contributed by atoms with Crippen LogP contribution in [-0.4, -0.2) is 23.2 Å². The second kappa shape index (κ2) is 7.63. The van der Waals surface area contributed by atoms with Crippen LogP contribution in [0.1, 0.15) is 70.0 Å². The summed E-state index contributed by atoms with van der Waals surface area (Å²) in [6.45, 7) is 6.68. The van der Waals surface area contributed by atoms with Gasteiger partial charge in [-0.3, -0.25) is 0 Å². The molecule has 0 saturated carbocycles. The van der Waals surface area contributed by atoms with Gasteiger partial charge in [-0.1, -0.05) is 31.8 Å². The summed E-state index contributed by atoms with van der Waals surface area (Å²) in [6.07, 6.45) is 8.23. The third kappa shape index (κ3) is 4.30. The average molecular weight is 265 g/mol. The summed E-state index contributed by atoms with van der Waals surface area (Å²) in [5.74, 6) is 2.88. The van der Waals surface area contributed by atoms with Crippen molar-refractivity contribution < 1.29 is 4.52 Å². The Morgan fingerprint density at radius 3 is 3.00 bits per heavy atom. The van der Waals surface area contributed by atoms with E-state index in [-0.39, 0.29) is 0 Å². The van der Waals surface area contributed by atoms with Crippen LogP contribution in [0.25, 0.3) is 0 Å². The predicted octanol–water partition coefficient (Wildman–Crippen LogP) is 3.30. The Morgan fingerprint density at radius 2 is 2.32 bits per heavy atom. The lowest BCUT2D eigenvalue weighted by molar-refractivity contribution is 0.329. The molecule has 4 heteroatoms. The standard InChI is InChI=1S/C15H27N3O/c1-3-5-8-13(4-2)15-17-14(18-19-15)10-12-7-6-9-16-11-12/h12-13,16H,3-11H2,1-2H3. The lowest BCUT2D eigenvalue weighted by atomic mass is 9.96. The first-order chi connectivity index (χ1) is 9.33. The van der Waals surface area contributed by atoms with Crippen LogP contribution < -0.4 is 5.32 Å². The van der Waals surface area contributed by atoms with Crippen molar-refractivity contribution in [2.75, 3.05) is 13.1 Å². The predicted molar refractivity (Wildman–Crippen MR) is 76.2 cm³/mol. The van der Waals surface area contributed by atoms with E-state index in [2.05, 4.69) is 29.3 Å². The highest BCUT2D eigenvalue weighted by Crippen LogP contribution is 2.24. The first-order valence-corrected chi connectivity index (χ1v) is 7.86. The van der Waals surface area contributed by atoms with Crippen LogP contribution in [0, 0.1) is 5.92 Å². The van der Waals surface area contributed by atoms with E-state index in [1.807, 2.05) is 0 Å². The Morgan fingerprint density at radius 1 is 1.42 bits per heavy atom. The van der Waals surface area contributed by atoms with E-state index in [1.54, 1.807) is 0 Å². The van der Waals surface area contributed by atoms with Gasteiger partial charge in [0.05, 0.1) is 0 Å². The van der Waals surface area contributed by atoms with E-state index >= 15 is 0 Å². The Labute approximate surface area is 116 Å². The molecule has 0 bridgehead atoms. The fourth-order valence-electron chi connectivity index (χ4n) is 2.83. The minimum Gasteiger partial charge on any atom is -0.339 e. The van der Waals surface area contributed by atoms with Crippen LogP contribution in [0.2, 0.25) is 0 Å². The maximum atomic E-state index is 5.47. The molecule has 1 saturated heterocycles. The largest absolute Gasteiger partial charge is 0.339 e. The number of hydrogen-bond donors (Lipinski definition) is 1. The van der Waals surface area contributed by atoms with E-state index in [0.29, 0.717) is 11.8 Å². The molecule has 2 rings (SSSR count). The SMILES string of the molecule is CCCCC(CC)c1nc(CC2CCCNC2)no1. The van der Waals surface area contributed by atoms with Gasteiger partial charge in [-0.05, 0) is 44.7 Å². The molecule has 1 aromatic heterocycles.